The Morgan fingerprint density at radius 1 is 1.09 bits per heavy atom. The topological polar surface area (TPSA) is 79.7 Å². The number of aryl methyl sites for hydroxylation is 1. The molecule has 1 aliphatic heterocycles. The van der Waals surface area contributed by atoms with Crippen LogP contribution >= 0.6 is 0 Å². The first-order chi connectivity index (χ1) is 16.3. The third-order valence-corrected chi connectivity index (χ3v) is 5.42. The van der Waals surface area contributed by atoms with Crippen LogP contribution in [0, 0.1) is 6.92 Å². The van der Waals surface area contributed by atoms with Crippen molar-refractivity contribution < 1.29 is 13.6 Å². The molecule has 0 unspecified atom stereocenters. The molecule has 0 amide bonds. The summed E-state index contributed by atoms with van der Waals surface area (Å²) in [5, 5.41) is 0.914. The Labute approximate surface area is 198 Å². The SMILES string of the molecule is CN1CCC(F)(F)CC1.Cc1ncc(-c2cncc(-n3ccc4cc(C=O)cnc43)c2)[nH]1.[B]C. The minimum Gasteiger partial charge on any atom is -0.342 e. The number of piperidine rings is 1. The Kier molecular flexibility index (Phi) is 8.28. The van der Waals surface area contributed by atoms with Crippen LogP contribution in [0.4, 0.5) is 8.78 Å². The number of imidazole rings is 1. The standard InChI is InChI=1S/C17H13N5O.C6H11F2N.CH3B/c1-11-19-9-16(21-11)14-5-15(8-18-7-14)22-3-2-13-4-12(10-23)6-20-17(13)22;1-9-4-2-6(7,8)3-5-9;1-2/h2-10H,1H3,(H,19,21);2-5H2,1H3;1H3. The van der Waals surface area contributed by atoms with E-state index in [1.165, 1.54) is 6.82 Å². The number of nitrogens with zero attached hydrogens (tertiary/aromatic N) is 5. The van der Waals surface area contributed by atoms with E-state index in [1.807, 2.05) is 47.8 Å². The second-order valence-electron chi connectivity index (χ2n) is 7.96. The molecule has 2 radical (unpaired) electrons. The van der Waals surface area contributed by atoms with E-state index in [2.05, 4.69) is 27.8 Å². The van der Waals surface area contributed by atoms with Gasteiger partial charge in [-0.3, -0.25) is 14.3 Å². The average Bonchev–Trinajstić information content (AvgIpc) is 3.48. The number of carbonyl (C=O) groups excluding carboxylic acids is 1. The van der Waals surface area contributed by atoms with Crippen molar-refractivity contribution >= 4 is 25.2 Å². The molecule has 4 aromatic rings. The maximum atomic E-state index is 12.4. The van der Waals surface area contributed by atoms with Gasteiger partial charge in [0.2, 0.25) is 0 Å². The van der Waals surface area contributed by atoms with Gasteiger partial charge in [0.15, 0.2) is 6.29 Å². The number of aromatic amines is 1. The van der Waals surface area contributed by atoms with E-state index in [9.17, 15) is 13.6 Å². The Morgan fingerprint density at radius 2 is 1.82 bits per heavy atom. The molecular formula is C24H27BF2N6O. The lowest BCUT2D eigenvalue weighted by molar-refractivity contribution is -0.0504. The quantitative estimate of drug-likeness (QED) is 0.357. The molecule has 5 rings (SSSR count). The van der Waals surface area contributed by atoms with Crippen LogP contribution in [0.1, 0.15) is 29.0 Å². The van der Waals surface area contributed by atoms with Crippen LogP contribution in [0.5, 0.6) is 0 Å². The van der Waals surface area contributed by atoms with Gasteiger partial charge in [0.25, 0.3) is 5.92 Å². The summed E-state index contributed by atoms with van der Waals surface area (Å²) < 4.78 is 26.7. The molecule has 34 heavy (non-hydrogen) atoms. The third kappa shape index (κ3) is 6.14. The summed E-state index contributed by atoms with van der Waals surface area (Å²) in [7, 11) is 6.37. The molecule has 1 N–H and O–H groups in total. The van der Waals surface area contributed by atoms with Crippen molar-refractivity contribution in [1.82, 2.24) is 29.4 Å². The summed E-state index contributed by atoms with van der Waals surface area (Å²) in [6.07, 6.45) is 9.71. The van der Waals surface area contributed by atoms with Gasteiger partial charge < -0.3 is 9.88 Å². The van der Waals surface area contributed by atoms with E-state index in [-0.39, 0.29) is 12.8 Å². The molecule has 0 saturated carbocycles. The molecule has 7 nitrogen and oxygen atoms in total. The largest absolute Gasteiger partial charge is 0.342 e. The number of pyridine rings is 2. The number of fused-ring (bicyclic) bond motifs is 1. The molecule has 0 aliphatic carbocycles. The minimum absolute atomic E-state index is 0.0312. The van der Waals surface area contributed by atoms with Crippen molar-refractivity contribution in [2.75, 3.05) is 20.1 Å². The number of alkyl halides is 2. The first-order valence-corrected chi connectivity index (χ1v) is 10.9. The van der Waals surface area contributed by atoms with Crippen LogP contribution in [0.15, 0.2) is 49.2 Å². The number of H-pyrrole nitrogens is 1. The summed E-state index contributed by atoms with van der Waals surface area (Å²) in [6, 6.07) is 5.78. The van der Waals surface area contributed by atoms with E-state index in [0.29, 0.717) is 18.7 Å². The van der Waals surface area contributed by atoms with Crippen molar-refractivity contribution in [1.29, 1.82) is 0 Å². The van der Waals surface area contributed by atoms with Crippen molar-refractivity contribution in [3.05, 3.63) is 60.6 Å². The highest BCUT2D eigenvalue weighted by Crippen LogP contribution is 2.26. The van der Waals surface area contributed by atoms with Crippen molar-refractivity contribution in [2.24, 2.45) is 0 Å². The van der Waals surface area contributed by atoms with Crippen LogP contribution in [-0.4, -0.2) is 69.6 Å². The lowest BCUT2D eigenvalue weighted by Gasteiger charge is -2.28. The molecule has 1 aliphatic rings. The van der Waals surface area contributed by atoms with Crippen molar-refractivity contribution in [3.63, 3.8) is 0 Å². The van der Waals surface area contributed by atoms with E-state index in [4.69, 9.17) is 0 Å². The highest BCUT2D eigenvalue weighted by Gasteiger charge is 2.32. The van der Waals surface area contributed by atoms with Gasteiger partial charge in [-0.15, -0.1) is 0 Å². The summed E-state index contributed by atoms with van der Waals surface area (Å²) in [5.74, 6) is -1.52. The first kappa shape index (κ1) is 25.2. The lowest BCUT2D eigenvalue weighted by Crippen LogP contribution is -2.36. The van der Waals surface area contributed by atoms with Crippen LogP contribution < -0.4 is 0 Å². The van der Waals surface area contributed by atoms with Crippen molar-refractivity contribution in [3.8, 4) is 16.9 Å². The number of aromatic nitrogens is 5. The summed E-state index contributed by atoms with van der Waals surface area (Å²) in [4.78, 5) is 28.9. The summed E-state index contributed by atoms with van der Waals surface area (Å²) in [5.41, 5.74) is 4.13. The molecule has 5 heterocycles. The number of carbonyl (C=O) groups is 1. The van der Waals surface area contributed by atoms with Gasteiger partial charge in [0.05, 0.1) is 31.6 Å². The minimum atomic E-state index is -2.38. The normalized spacial score (nSPS) is 15.1. The molecule has 4 aromatic heterocycles. The van der Waals surface area contributed by atoms with Crippen molar-refractivity contribution in [2.45, 2.75) is 32.5 Å². The maximum Gasteiger partial charge on any atom is 0.250 e. The van der Waals surface area contributed by atoms with Gasteiger partial charge in [0, 0.05) is 61.0 Å². The molecule has 0 spiro atoms. The van der Waals surface area contributed by atoms with Gasteiger partial charge in [-0.05, 0) is 32.2 Å². The van der Waals surface area contributed by atoms with Gasteiger partial charge >= 0.3 is 0 Å². The highest BCUT2D eigenvalue weighted by molar-refractivity contribution is 6.05. The van der Waals surface area contributed by atoms with E-state index < -0.39 is 5.92 Å². The zero-order valence-electron chi connectivity index (χ0n) is 19.5. The first-order valence-electron chi connectivity index (χ1n) is 10.9. The Bertz CT molecular complexity index is 1230. The Morgan fingerprint density at radius 3 is 2.44 bits per heavy atom. The summed E-state index contributed by atoms with van der Waals surface area (Å²) in [6.45, 7) is 4.48. The second-order valence-corrected chi connectivity index (χ2v) is 7.96. The number of halogens is 2. The molecule has 176 valence electrons. The molecule has 0 atom stereocenters. The zero-order valence-corrected chi connectivity index (χ0v) is 19.5. The number of hydrogen-bond acceptors (Lipinski definition) is 5. The molecule has 1 fully saturated rings. The van der Waals surface area contributed by atoms with Gasteiger partial charge in [-0.25, -0.2) is 18.7 Å². The third-order valence-electron chi connectivity index (χ3n) is 5.42. The number of aldehydes is 1. The Balaban J connectivity index is 0.000000248. The van der Waals surface area contributed by atoms with Crippen LogP contribution in [-0.2, 0) is 0 Å². The molecule has 1 saturated heterocycles. The lowest BCUT2D eigenvalue weighted by atomic mass is 10.1. The van der Waals surface area contributed by atoms with E-state index >= 15 is 0 Å². The monoisotopic (exact) mass is 464 g/mol. The predicted octanol–water partition coefficient (Wildman–Crippen LogP) is 4.48. The number of hydrogen-bond donors (Lipinski definition) is 1. The second kappa shape index (κ2) is 11.2. The fraction of sp³-hybridized carbons (Fsp3) is 0.333. The van der Waals surface area contributed by atoms with Crippen LogP contribution in [0.3, 0.4) is 0 Å². The zero-order chi connectivity index (χ0) is 24.7. The molecular weight excluding hydrogens is 437 g/mol. The van der Waals surface area contributed by atoms with Crippen LogP contribution in [0.25, 0.3) is 28.0 Å². The van der Waals surface area contributed by atoms with E-state index in [1.54, 1.807) is 24.8 Å². The number of likely N-dealkylation sites (tertiary alicyclic amines) is 1. The molecule has 0 bridgehead atoms. The number of nitrogens with one attached hydrogen (secondary N) is 1. The fourth-order valence-electron chi connectivity index (χ4n) is 3.53. The van der Waals surface area contributed by atoms with Gasteiger partial charge in [-0.2, -0.15) is 0 Å². The smallest absolute Gasteiger partial charge is 0.250 e. The highest BCUT2D eigenvalue weighted by atomic mass is 19.3. The Hall–Kier alpha value is -3.40. The number of rotatable bonds is 3. The van der Waals surface area contributed by atoms with Gasteiger partial charge in [-0.1, -0.05) is 6.82 Å². The average molecular weight is 464 g/mol. The predicted molar refractivity (Wildman–Crippen MR) is 130 cm³/mol. The molecule has 0 aromatic carbocycles. The van der Waals surface area contributed by atoms with Gasteiger partial charge in [0.1, 0.15) is 11.5 Å². The maximum absolute atomic E-state index is 12.4. The van der Waals surface area contributed by atoms with E-state index in [0.717, 1.165) is 40.1 Å². The molecule has 10 heteroatoms. The summed E-state index contributed by atoms with van der Waals surface area (Å²) >= 11 is 0. The van der Waals surface area contributed by atoms with Crippen LogP contribution in [0.2, 0.25) is 6.82 Å². The fourth-order valence-corrected chi connectivity index (χ4v) is 3.53.